The molecule has 1 aromatic rings. The van der Waals surface area contributed by atoms with E-state index in [9.17, 15) is 4.79 Å². The lowest BCUT2D eigenvalue weighted by Crippen LogP contribution is -2.46. The lowest BCUT2D eigenvalue weighted by molar-refractivity contribution is -0.116. The Kier molecular flexibility index (Phi) is 7.42. The van der Waals surface area contributed by atoms with E-state index in [1.165, 1.54) is 19.3 Å². The zero-order valence-corrected chi connectivity index (χ0v) is 16.5. The van der Waals surface area contributed by atoms with Crippen molar-refractivity contribution in [3.05, 3.63) is 23.8 Å². The number of carbonyl (C=O) groups is 1. The molecule has 0 radical (unpaired) electrons. The number of carbonyl (C=O) groups excluding carboxylic acids is 1. The Morgan fingerprint density at radius 1 is 1.25 bits per heavy atom. The first-order valence-corrected chi connectivity index (χ1v) is 10.3. The lowest BCUT2D eigenvalue weighted by atomic mass is 9.95. The van der Waals surface area contributed by atoms with Crippen molar-refractivity contribution >= 4 is 24.1 Å². The number of aryl methyl sites for hydroxylation is 1. The molecule has 1 amide bonds. The third kappa shape index (κ3) is 5.55. The van der Waals surface area contributed by atoms with E-state index in [0.29, 0.717) is 19.1 Å². The first-order chi connectivity index (χ1) is 13.7. The number of anilines is 1. The van der Waals surface area contributed by atoms with Gasteiger partial charge in [0.25, 0.3) is 0 Å². The quantitative estimate of drug-likeness (QED) is 0.235. The average molecular weight is 386 g/mol. The summed E-state index contributed by atoms with van der Waals surface area (Å²) in [7, 11) is 0. The topological polar surface area (TPSA) is 92.3 Å². The predicted octanol–water partition coefficient (Wildman–Crippen LogP) is 3.64. The van der Waals surface area contributed by atoms with Gasteiger partial charge in [0.15, 0.2) is 0 Å². The smallest absolute Gasteiger partial charge is 0.224 e. The number of unbranched alkanes of at least 4 members (excludes halogenated alkanes) is 1. The largest absolute Gasteiger partial charge is 0.494 e. The molecule has 152 valence electrons. The van der Waals surface area contributed by atoms with Gasteiger partial charge in [-0.3, -0.25) is 9.80 Å². The molecule has 2 aliphatic rings. The Labute approximate surface area is 167 Å². The number of fused-ring (bicyclic) bond motifs is 1. The average Bonchev–Trinajstić information content (AvgIpc) is 2.73. The van der Waals surface area contributed by atoms with Gasteiger partial charge < -0.3 is 10.1 Å². The monoisotopic (exact) mass is 385 g/mol. The van der Waals surface area contributed by atoms with E-state index in [-0.39, 0.29) is 5.91 Å². The summed E-state index contributed by atoms with van der Waals surface area (Å²) in [6, 6.07) is 6.21. The van der Waals surface area contributed by atoms with Crippen molar-refractivity contribution in [1.29, 1.82) is 0 Å². The van der Waals surface area contributed by atoms with Crippen LogP contribution in [0.5, 0.6) is 5.75 Å². The minimum absolute atomic E-state index is 0.0785. The van der Waals surface area contributed by atoms with Crippen LogP contribution in [0.2, 0.25) is 0 Å². The van der Waals surface area contributed by atoms with E-state index in [0.717, 1.165) is 61.4 Å². The molecule has 0 spiro atoms. The van der Waals surface area contributed by atoms with Crippen LogP contribution in [0.25, 0.3) is 0 Å². The first kappa shape index (κ1) is 20.3. The molecule has 0 saturated heterocycles. The second-order valence-electron chi connectivity index (χ2n) is 7.53. The van der Waals surface area contributed by atoms with E-state index in [2.05, 4.69) is 22.2 Å². The highest BCUT2D eigenvalue weighted by molar-refractivity contribution is 5.94. The van der Waals surface area contributed by atoms with Crippen molar-refractivity contribution in [3.8, 4) is 5.75 Å². The molecule has 28 heavy (non-hydrogen) atoms. The van der Waals surface area contributed by atoms with Crippen LogP contribution in [0.3, 0.4) is 0 Å². The number of amidine groups is 1. The second-order valence-corrected chi connectivity index (χ2v) is 7.53. The fourth-order valence-electron chi connectivity index (χ4n) is 3.91. The highest BCUT2D eigenvalue weighted by Gasteiger charge is 2.21. The molecule has 0 unspecified atom stereocenters. The van der Waals surface area contributed by atoms with Gasteiger partial charge in [-0.15, -0.1) is 5.10 Å². The van der Waals surface area contributed by atoms with Crippen LogP contribution in [0.15, 0.2) is 28.4 Å². The molecule has 7 heteroatoms. The normalized spacial score (nSPS) is 17.6. The number of ether oxygens (including phenoxy) is 1. The molecule has 0 atom stereocenters. The zero-order chi connectivity index (χ0) is 19.8. The van der Waals surface area contributed by atoms with Gasteiger partial charge in [0, 0.05) is 31.3 Å². The third-order valence-corrected chi connectivity index (χ3v) is 5.49. The van der Waals surface area contributed by atoms with Crippen molar-refractivity contribution in [2.24, 2.45) is 16.0 Å². The van der Waals surface area contributed by atoms with Crippen LogP contribution >= 0.6 is 0 Å². The highest BCUT2D eigenvalue weighted by atomic mass is 16.5. The van der Waals surface area contributed by atoms with Gasteiger partial charge >= 0.3 is 0 Å². The third-order valence-electron chi connectivity index (χ3n) is 5.49. The van der Waals surface area contributed by atoms with Gasteiger partial charge in [0.05, 0.1) is 6.61 Å². The van der Waals surface area contributed by atoms with E-state index < -0.39 is 0 Å². The molecule has 1 saturated carbocycles. The van der Waals surface area contributed by atoms with Crippen LogP contribution in [0.4, 0.5) is 5.69 Å². The summed E-state index contributed by atoms with van der Waals surface area (Å²) in [6.07, 6.45) is 9.89. The molecule has 3 N–H and O–H groups in total. The second kappa shape index (κ2) is 10.2. The number of benzene rings is 1. The fourth-order valence-corrected chi connectivity index (χ4v) is 3.91. The molecule has 1 aliphatic heterocycles. The van der Waals surface area contributed by atoms with Gasteiger partial charge in [0.1, 0.15) is 11.6 Å². The van der Waals surface area contributed by atoms with Crippen LogP contribution in [0.1, 0.15) is 63.4 Å². The standard InChI is InChI=1S/C21H31N5O2/c1-23-25-20(26(22)17-7-3-2-4-8-17)9-5-6-14-28-18-11-12-19-16(15-18)10-13-21(27)24-19/h11-12,15,17H,1-10,13-14,22H2,(H,24,27)/b25-20-. The number of hydrazine groups is 1. The van der Waals surface area contributed by atoms with Crippen molar-refractivity contribution in [1.82, 2.24) is 5.01 Å². The maximum Gasteiger partial charge on any atom is 0.224 e. The van der Waals surface area contributed by atoms with Crippen LogP contribution in [-0.4, -0.2) is 36.1 Å². The molecular weight excluding hydrogens is 354 g/mol. The predicted molar refractivity (Wildman–Crippen MR) is 113 cm³/mol. The van der Waals surface area contributed by atoms with E-state index in [4.69, 9.17) is 10.6 Å². The number of nitrogens with one attached hydrogen (secondary N) is 1. The van der Waals surface area contributed by atoms with Crippen LogP contribution in [-0.2, 0) is 11.2 Å². The highest BCUT2D eigenvalue weighted by Crippen LogP contribution is 2.27. The van der Waals surface area contributed by atoms with Crippen LogP contribution in [0, 0.1) is 0 Å². The number of amides is 1. The molecule has 1 aromatic carbocycles. The summed E-state index contributed by atoms with van der Waals surface area (Å²) in [5, 5.41) is 12.6. The summed E-state index contributed by atoms with van der Waals surface area (Å²) in [6.45, 7) is 4.11. The Balaban J connectivity index is 1.42. The SMILES string of the molecule is C=N/N=C(/CCCCOc1ccc2c(c1)CCC(=O)N2)N(N)C1CCCCC1. The van der Waals surface area contributed by atoms with Crippen molar-refractivity contribution in [3.63, 3.8) is 0 Å². The summed E-state index contributed by atoms with van der Waals surface area (Å²) in [4.78, 5) is 11.4. The maximum absolute atomic E-state index is 11.4. The first-order valence-electron chi connectivity index (χ1n) is 10.3. The minimum Gasteiger partial charge on any atom is -0.494 e. The molecule has 0 aromatic heterocycles. The molecular formula is C21H31N5O2. The van der Waals surface area contributed by atoms with Gasteiger partial charge in [-0.1, -0.05) is 19.3 Å². The summed E-state index contributed by atoms with van der Waals surface area (Å²) in [5.74, 6) is 8.05. The van der Waals surface area contributed by atoms with E-state index in [1.54, 1.807) is 0 Å². The number of hydrogen-bond donors (Lipinski definition) is 2. The maximum atomic E-state index is 11.4. The van der Waals surface area contributed by atoms with E-state index in [1.807, 2.05) is 23.2 Å². The number of hydrogen-bond acceptors (Lipinski definition) is 5. The molecule has 7 nitrogen and oxygen atoms in total. The van der Waals surface area contributed by atoms with Crippen molar-refractivity contribution < 1.29 is 9.53 Å². The number of nitrogens with zero attached hydrogens (tertiary/aromatic N) is 3. The minimum atomic E-state index is 0.0785. The molecule has 1 aliphatic carbocycles. The van der Waals surface area contributed by atoms with Crippen molar-refractivity contribution in [2.75, 3.05) is 11.9 Å². The van der Waals surface area contributed by atoms with Gasteiger partial charge in [0.2, 0.25) is 5.91 Å². The lowest BCUT2D eigenvalue weighted by Gasteiger charge is -2.32. The zero-order valence-electron chi connectivity index (χ0n) is 16.5. The Bertz CT molecular complexity index is 713. The van der Waals surface area contributed by atoms with Gasteiger partial charge in [-0.2, -0.15) is 5.10 Å². The molecule has 1 heterocycles. The molecule has 0 bridgehead atoms. The Hall–Kier alpha value is -2.41. The number of nitrogens with two attached hydrogens (primary N) is 1. The number of rotatable bonds is 8. The van der Waals surface area contributed by atoms with Crippen molar-refractivity contribution in [2.45, 2.75) is 70.3 Å². The Morgan fingerprint density at radius 2 is 2.07 bits per heavy atom. The molecule has 3 rings (SSSR count). The summed E-state index contributed by atoms with van der Waals surface area (Å²) in [5.41, 5.74) is 2.03. The van der Waals surface area contributed by atoms with Gasteiger partial charge in [-0.05, 0) is 55.9 Å². The molecule has 1 fully saturated rings. The summed E-state index contributed by atoms with van der Waals surface area (Å²) >= 11 is 0. The van der Waals surface area contributed by atoms with E-state index >= 15 is 0 Å². The summed E-state index contributed by atoms with van der Waals surface area (Å²) < 4.78 is 5.88. The van der Waals surface area contributed by atoms with Gasteiger partial charge in [-0.25, -0.2) is 5.84 Å². The van der Waals surface area contributed by atoms with Crippen LogP contribution < -0.4 is 15.9 Å². The fraction of sp³-hybridized carbons (Fsp3) is 0.571. The Morgan fingerprint density at radius 3 is 2.86 bits per heavy atom.